The molecule has 76 valence electrons. The molecule has 0 aliphatic rings. The summed E-state index contributed by atoms with van der Waals surface area (Å²) in [7, 11) is 0. The Labute approximate surface area is 94.4 Å². The zero-order chi connectivity index (χ0) is 10.7. The van der Waals surface area contributed by atoms with Gasteiger partial charge in [-0.2, -0.15) is 0 Å². The van der Waals surface area contributed by atoms with Gasteiger partial charge in [-0.1, -0.05) is 0 Å². The second-order valence-electron chi connectivity index (χ2n) is 2.77. The molecule has 14 heavy (non-hydrogen) atoms. The molecule has 0 bridgehead atoms. The van der Waals surface area contributed by atoms with Crippen molar-refractivity contribution in [2.75, 3.05) is 0 Å². The van der Waals surface area contributed by atoms with E-state index in [0.29, 0.717) is 15.6 Å². The molecule has 1 aromatic carbocycles. The SMILES string of the molecule is NCc1cc(F)c(Br)cc1CC(=O)Cl. The molecule has 2 N–H and O–H groups in total. The van der Waals surface area contributed by atoms with E-state index in [0.717, 1.165) is 0 Å². The van der Waals surface area contributed by atoms with Crippen LogP contribution < -0.4 is 5.73 Å². The van der Waals surface area contributed by atoms with Gasteiger partial charge in [0.15, 0.2) is 0 Å². The van der Waals surface area contributed by atoms with Crippen molar-refractivity contribution < 1.29 is 9.18 Å². The lowest BCUT2D eigenvalue weighted by Gasteiger charge is -2.06. The topological polar surface area (TPSA) is 43.1 Å². The van der Waals surface area contributed by atoms with Crippen LogP contribution in [0.5, 0.6) is 0 Å². The number of rotatable bonds is 3. The van der Waals surface area contributed by atoms with Gasteiger partial charge in [-0.05, 0) is 50.8 Å². The summed E-state index contributed by atoms with van der Waals surface area (Å²) in [5.74, 6) is -0.392. The lowest BCUT2D eigenvalue weighted by atomic mass is 10.1. The Hall–Kier alpha value is -0.450. The van der Waals surface area contributed by atoms with Gasteiger partial charge in [-0.25, -0.2) is 4.39 Å². The molecule has 0 saturated heterocycles. The van der Waals surface area contributed by atoms with Crippen molar-refractivity contribution in [3.05, 3.63) is 33.5 Å². The monoisotopic (exact) mass is 279 g/mol. The van der Waals surface area contributed by atoms with Gasteiger partial charge in [-0.3, -0.25) is 4.79 Å². The van der Waals surface area contributed by atoms with Gasteiger partial charge >= 0.3 is 0 Å². The molecular formula is C9H8BrClFNO. The summed E-state index contributed by atoms with van der Waals surface area (Å²) >= 11 is 8.27. The van der Waals surface area contributed by atoms with Gasteiger partial charge in [0.2, 0.25) is 5.24 Å². The van der Waals surface area contributed by atoms with Gasteiger partial charge in [0.1, 0.15) is 5.82 Å². The molecule has 0 amide bonds. The van der Waals surface area contributed by atoms with Crippen LogP contribution in [0.1, 0.15) is 11.1 Å². The van der Waals surface area contributed by atoms with E-state index in [1.807, 2.05) is 0 Å². The van der Waals surface area contributed by atoms with Crippen LogP contribution in [0.25, 0.3) is 0 Å². The number of halogens is 3. The fourth-order valence-electron chi connectivity index (χ4n) is 1.13. The molecule has 0 unspecified atom stereocenters. The van der Waals surface area contributed by atoms with E-state index in [9.17, 15) is 9.18 Å². The lowest BCUT2D eigenvalue weighted by molar-refractivity contribution is -0.111. The highest BCUT2D eigenvalue weighted by atomic mass is 79.9. The maximum Gasteiger partial charge on any atom is 0.226 e. The summed E-state index contributed by atoms with van der Waals surface area (Å²) in [6, 6.07) is 2.83. The Kier molecular flexibility index (Phi) is 4.04. The number of benzene rings is 1. The molecule has 0 fully saturated rings. The number of carbonyl (C=O) groups excluding carboxylic acids is 1. The number of hydrogen-bond acceptors (Lipinski definition) is 2. The summed E-state index contributed by atoms with van der Waals surface area (Å²) in [4.78, 5) is 10.7. The fraction of sp³-hybridized carbons (Fsp3) is 0.222. The molecule has 1 rings (SSSR count). The summed E-state index contributed by atoms with van der Waals surface area (Å²) in [5, 5.41) is -0.488. The normalized spacial score (nSPS) is 10.3. The molecule has 0 aliphatic carbocycles. The summed E-state index contributed by atoms with van der Waals surface area (Å²) in [6.07, 6.45) is 0.0625. The fourth-order valence-corrected chi connectivity index (χ4v) is 1.67. The molecule has 0 radical (unpaired) electrons. The molecule has 0 aliphatic heterocycles. The van der Waals surface area contributed by atoms with Gasteiger partial charge in [-0.15, -0.1) is 0 Å². The maximum atomic E-state index is 13.1. The molecular weight excluding hydrogens is 272 g/mol. The standard InChI is InChI=1S/C9H8BrClFNO/c10-7-1-5(3-9(11)14)6(4-13)2-8(7)12/h1-2H,3-4,13H2. The summed E-state index contributed by atoms with van der Waals surface area (Å²) in [5.41, 5.74) is 6.66. The average molecular weight is 281 g/mol. The van der Waals surface area contributed by atoms with Crippen LogP contribution in [0, 0.1) is 5.82 Å². The number of carbonyl (C=O) groups is 1. The van der Waals surface area contributed by atoms with E-state index in [-0.39, 0.29) is 13.0 Å². The summed E-state index contributed by atoms with van der Waals surface area (Å²) < 4.78 is 13.4. The third kappa shape index (κ3) is 2.77. The first-order valence-corrected chi connectivity index (χ1v) is 5.07. The van der Waals surface area contributed by atoms with Crippen LogP contribution in [0.15, 0.2) is 16.6 Å². The van der Waals surface area contributed by atoms with Crippen molar-refractivity contribution in [1.29, 1.82) is 0 Å². The minimum Gasteiger partial charge on any atom is -0.326 e. The van der Waals surface area contributed by atoms with Crippen molar-refractivity contribution in [3.8, 4) is 0 Å². The minimum atomic E-state index is -0.488. The molecule has 0 saturated carbocycles. The van der Waals surface area contributed by atoms with Gasteiger partial charge in [0.05, 0.1) is 4.47 Å². The first kappa shape index (κ1) is 11.6. The highest BCUT2D eigenvalue weighted by molar-refractivity contribution is 9.10. The second-order valence-corrected chi connectivity index (χ2v) is 4.05. The highest BCUT2D eigenvalue weighted by Gasteiger charge is 2.09. The van der Waals surface area contributed by atoms with Gasteiger partial charge in [0.25, 0.3) is 0 Å². The Morgan fingerprint density at radius 3 is 2.64 bits per heavy atom. The molecule has 2 nitrogen and oxygen atoms in total. The van der Waals surface area contributed by atoms with Crippen molar-refractivity contribution >= 4 is 32.8 Å². The quantitative estimate of drug-likeness (QED) is 0.864. The zero-order valence-corrected chi connectivity index (χ0v) is 9.53. The zero-order valence-electron chi connectivity index (χ0n) is 7.19. The molecule has 0 atom stereocenters. The Morgan fingerprint density at radius 1 is 1.50 bits per heavy atom. The van der Waals surface area contributed by atoms with Crippen molar-refractivity contribution in [2.45, 2.75) is 13.0 Å². The lowest BCUT2D eigenvalue weighted by Crippen LogP contribution is -2.05. The largest absolute Gasteiger partial charge is 0.326 e. The van der Waals surface area contributed by atoms with E-state index in [1.165, 1.54) is 12.1 Å². The van der Waals surface area contributed by atoms with E-state index < -0.39 is 11.1 Å². The molecule has 0 aromatic heterocycles. The Balaban J connectivity index is 3.13. The van der Waals surface area contributed by atoms with Gasteiger partial charge < -0.3 is 5.73 Å². The van der Waals surface area contributed by atoms with Crippen LogP contribution in [-0.4, -0.2) is 5.24 Å². The van der Waals surface area contributed by atoms with Crippen LogP contribution in [0.2, 0.25) is 0 Å². The highest BCUT2D eigenvalue weighted by Crippen LogP contribution is 2.21. The van der Waals surface area contributed by atoms with Crippen molar-refractivity contribution in [2.24, 2.45) is 5.73 Å². The third-order valence-corrected chi connectivity index (χ3v) is 2.53. The predicted octanol–water partition coefficient (Wildman–Crippen LogP) is 2.35. The maximum absolute atomic E-state index is 13.1. The van der Waals surface area contributed by atoms with Crippen LogP contribution in [0.3, 0.4) is 0 Å². The van der Waals surface area contributed by atoms with Crippen LogP contribution in [-0.2, 0) is 17.8 Å². The Morgan fingerprint density at radius 2 is 2.14 bits per heavy atom. The minimum absolute atomic E-state index is 0.0625. The molecule has 5 heteroatoms. The van der Waals surface area contributed by atoms with Crippen molar-refractivity contribution in [3.63, 3.8) is 0 Å². The Bertz CT molecular complexity index is 370. The predicted molar refractivity (Wildman–Crippen MR) is 56.6 cm³/mol. The average Bonchev–Trinajstić information content (AvgIpc) is 2.10. The van der Waals surface area contributed by atoms with E-state index in [1.54, 1.807) is 0 Å². The molecule has 1 aromatic rings. The third-order valence-electron chi connectivity index (χ3n) is 1.79. The molecule has 0 spiro atoms. The first-order chi connectivity index (χ1) is 6.54. The smallest absolute Gasteiger partial charge is 0.226 e. The van der Waals surface area contributed by atoms with Crippen molar-refractivity contribution in [1.82, 2.24) is 0 Å². The van der Waals surface area contributed by atoms with Gasteiger partial charge in [0, 0.05) is 13.0 Å². The second kappa shape index (κ2) is 4.87. The van der Waals surface area contributed by atoms with Crippen LogP contribution in [0.4, 0.5) is 4.39 Å². The van der Waals surface area contributed by atoms with E-state index in [4.69, 9.17) is 17.3 Å². The number of nitrogens with two attached hydrogens (primary N) is 1. The number of hydrogen-bond donors (Lipinski definition) is 1. The molecule has 0 heterocycles. The van der Waals surface area contributed by atoms with Crippen LogP contribution >= 0.6 is 27.5 Å². The van der Waals surface area contributed by atoms with E-state index >= 15 is 0 Å². The first-order valence-electron chi connectivity index (χ1n) is 3.89. The van der Waals surface area contributed by atoms with E-state index in [2.05, 4.69) is 15.9 Å². The summed E-state index contributed by atoms with van der Waals surface area (Å²) in [6.45, 7) is 0.184.